The van der Waals surface area contributed by atoms with Crippen LogP contribution >= 0.6 is 0 Å². The van der Waals surface area contributed by atoms with Crippen molar-refractivity contribution in [3.8, 4) is 0 Å². The molecule has 0 spiro atoms. The van der Waals surface area contributed by atoms with Gasteiger partial charge in [0.2, 0.25) is 5.91 Å². The molecule has 350 valence electrons. The highest BCUT2D eigenvalue weighted by molar-refractivity contribution is 5.77. The van der Waals surface area contributed by atoms with Crippen LogP contribution in [0.2, 0.25) is 0 Å². The average Bonchev–Trinajstić information content (AvgIpc) is 3.24. The second-order valence-corrected chi connectivity index (χ2v) is 17.5. The molecule has 6 heteroatoms. The van der Waals surface area contributed by atoms with Crippen LogP contribution in [0.3, 0.4) is 0 Å². The van der Waals surface area contributed by atoms with Crippen molar-refractivity contribution >= 4 is 11.9 Å². The molecular formula is C54H99NO5. The van der Waals surface area contributed by atoms with Gasteiger partial charge < -0.3 is 20.3 Å². The fourth-order valence-electron chi connectivity index (χ4n) is 7.77. The number of allylic oxidation sites excluding steroid dienone is 8. The minimum atomic E-state index is -0.791. The maximum Gasteiger partial charge on any atom is 0.306 e. The predicted octanol–water partition coefficient (Wildman–Crippen LogP) is 15.5. The number of nitrogens with one attached hydrogen (secondary N) is 1. The molecular weight excluding hydrogens is 743 g/mol. The quantitative estimate of drug-likeness (QED) is 0.0322. The molecule has 0 bridgehead atoms. The maximum absolute atomic E-state index is 13.2. The van der Waals surface area contributed by atoms with Gasteiger partial charge in [0.15, 0.2) is 0 Å². The summed E-state index contributed by atoms with van der Waals surface area (Å²) < 4.78 is 5.92. The van der Waals surface area contributed by atoms with Crippen molar-refractivity contribution in [2.45, 2.75) is 277 Å². The minimum absolute atomic E-state index is 0.0671. The number of amides is 1. The van der Waals surface area contributed by atoms with Crippen LogP contribution in [0.5, 0.6) is 0 Å². The van der Waals surface area contributed by atoms with Gasteiger partial charge in [0.05, 0.1) is 25.2 Å². The lowest BCUT2D eigenvalue weighted by atomic mass is 10.0. The van der Waals surface area contributed by atoms with E-state index in [4.69, 9.17) is 4.74 Å². The summed E-state index contributed by atoms with van der Waals surface area (Å²) in [6, 6.07) is -0.705. The molecule has 3 N–H and O–H groups in total. The summed E-state index contributed by atoms with van der Waals surface area (Å²) in [5.74, 6) is -0.502. The Labute approximate surface area is 372 Å². The molecule has 6 nitrogen and oxygen atoms in total. The average molecular weight is 842 g/mol. The highest BCUT2D eigenvalue weighted by atomic mass is 16.5. The summed E-state index contributed by atoms with van der Waals surface area (Å²) in [6.45, 7) is 6.36. The molecule has 0 radical (unpaired) electrons. The van der Waals surface area contributed by atoms with E-state index in [1.54, 1.807) is 0 Å². The Morgan fingerprint density at radius 3 is 1.35 bits per heavy atom. The topological polar surface area (TPSA) is 95.9 Å². The number of hydrogen-bond acceptors (Lipinski definition) is 5. The van der Waals surface area contributed by atoms with E-state index in [9.17, 15) is 19.8 Å². The number of aliphatic hydroxyl groups is 2. The number of rotatable bonds is 46. The Kier molecular flexibility index (Phi) is 46.1. The molecule has 0 saturated carbocycles. The SMILES string of the molecule is CC/C=C/C/C=C/C/C=C/C/C=C/CCCCCC(=O)OC(CCCCCCCCCCCCCCCCC)CC(=O)NC(CO)C(O)CCCCCCCCCCCC. The highest BCUT2D eigenvalue weighted by Crippen LogP contribution is 2.18. The number of aliphatic hydroxyl groups excluding tert-OH is 2. The van der Waals surface area contributed by atoms with Crippen LogP contribution in [-0.2, 0) is 14.3 Å². The number of hydrogen-bond donors (Lipinski definition) is 3. The lowest BCUT2D eigenvalue weighted by Gasteiger charge is -2.24. The van der Waals surface area contributed by atoms with E-state index >= 15 is 0 Å². The van der Waals surface area contributed by atoms with Gasteiger partial charge in [0, 0.05) is 6.42 Å². The summed E-state index contributed by atoms with van der Waals surface area (Å²) >= 11 is 0. The van der Waals surface area contributed by atoms with Gasteiger partial charge in [-0.15, -0.1) is 0 Å². The smallest absolute Gasteiger partial charge is 0.306 e. The van der Waals surface area contributed by atoms with Crippen molar-refractivity contribution in [3.63, 3.8) is 0 Å². The molecule has 0 saturated heterocycles. The highest BCUT2D eigenvalue weighted by Gasteiger charge is 2.24. The Morgan fingerprint density at radius 2 is 0.900 bits per heavy atom. The summed E-state index contributed by atoms with van der Waals surface area (Å²) in [7, 11) is 0. The summed E-state index contributed by atoms with van der Waals surface area (Å²) in [5.41, 5.74) is 0. The van der Waals surface area contributed by atoms with Crippen molar-refractivity contribution < 1.29 is 24.5 Å². The van der Waals surface area contributed by atoms with Crippen LogP contribution in [-0.4, -0.2) is 46.9 Å². The Bertz CT molecular complexity index is 1040. The number of carbonyl (C=O) groups excluding carboxylic acids is 2. The van der Waals surface area contributed by atoms with E-state index in [0.717, 1.165) is 83.5 Å². The number of unbranched alkanes of at least 4 members (excludes halogenated alkanes) is 26. The number of ether oxygens (including phenoxy) is 1. The van der Waals surface area contributed by atoms with Gasteiger partial charge in [-0.2, -0.15) is 0 Å². The molecule has 0 aromatic carbocycles. The van der Waals surface area contributed by atoms with E-state index in [0.29, 0.717) is 19.3 Å². The Morgan fingerprint density at radius 1 is 0.500 bits per heavy atom. The van der Waals surface area contributed by atoms with Gasteiger partial charge >= 0.3 is 5.97 Å². The molecule has 0 aliphatic heterocycles. The Hall–Kier alpha value is -2.18. The molecule has 3 unspecified atom stereocenters. The van der Waals surface area contributed by atoms with Gasteiger partial charge in [-0.1, -0.05) is 230 Å². The first kappa shape index (κ1) is 57.8. The summed E-state index contributed by atoms with van der Waals surface area (Å²) in [6.07, 6.45) is 57.4. The van der Waals surface area contributed by atoms with Gasteiger partial charge in [-0.05, 0) is 64.2 Å². The van der Waals surface area contributed by atoms with Crippen LogP contribution in [0.1, 0.15) is 258 Å². The van der Waals surface area contributed by atoms with Crippen LogP contribution < -0.4 is 5.32 Å². The summed E-state index contributed by atoms with van der Waals surface area (Å²) in [4.78, 5) is 26.1. The second kappa shape index (κ2) is 47.9. The lowest BCUT2D eigenvalue weighted by Crippen LogP contribution is -2.46. The van der Waals surface area contributed by atoms with Crippen LogP contribution in [0.15, 0.2) is 48.6 Å². The molecule has 0 aliphatic carbocycles. The van der Waals surface area contributed by atoms with Crippen LogP contribution in [0.25, 0.3) is 0 Å². The van der Waals surface area contributed by atoms with Gasteiger partial charge in [-0.3, -0.25) is 9.59 Å². The van der Waals surface area contributed by atoms with Gasteiger partial charge in [0.25, 0.3) is 0 Å². The molecule has 0 fully saturated rings. The lowest BCUT2D eigenvalue weighted by molar-refractivity contribution is -0.151. The third-order valence-electron chi connectivity index (χ3n) is 11.7. The van der Waals surface area contributed by atoms with Crippen molar-refractivity contribution in [2.75, 3.05) is 6.61 Å². The fraction of sp³-hybridized carbons (Fsp3) is 0.815. The standard InChI is InChI=1S/C54H99NO5/c1-4-7-10-13-16-19-22-24-26-28-30-32-35-38-41-44-47-54(59)60-50(45-42-39-36-33-31-29-27-25-23-20-17-14-11-8-5-2)48-53(58)55-51(49-56)52(57)46-43-40-37-34-21-18-15-12-9-6-3/h7,10,16,19,24,26,30,32,50-52,56-57H,4-6,8-9,11-15,17-18,20-23,25,27-29,31,33-49H2,1-3H3,(H,55,58)/b10-7+,19-16+,26-24+,32-30+. The van der Waals surface area contributed by atoms with Crippen molar-refractivity contribution in [3.05, 3.63) is 48.6 Å². The normalized spacial score (nSPS) is 13.6. The monoisotopic (exact) mass is 842 g/mol. The van der Waals surface area contributed by atoms with Crippen molar-refractivity contribution in [1.82, 2.24) is 5.32 Å². The van der Waals surface area contributed by atoms with Crippen molar-refractivity contribution in [2.24, 2.45) is 0 Å². The molecule has 0 aromatic rings. The zero-order valence-corrected chi connectivity index (χ0v) is 39.8. The molecule has 0 aromatic heterocycles. The fourth-order valence-corrected chi connectivity index (χ4v) is 7.77. The first-order valence-corrected chi connectivity index (χ1v) is 25.9. The third-order valence-corrected chi connectivity index (χ3v) is 11.7. The molecule has 0 heterocycles. The number of carbonyl (C=O) groups is 2. The zero-order valence-electron chi connectivity index (χ0n) is 39.8. The van der Waals surface area contributed by atoms with E-state index in [-0.39, 0.29) is 24.9 Å². The van der Waals surface area contributed by atoms with Crippen LogP contribution in [0, 0.1) is 0 Å². The maximum atomic E-state index is 13.2. The second-order valence-electron chi connectivity index (χ2n) is 17.5. The molecule has 0 aliphatic rings. The largest absolute Gasteiger partial charge is 0.462 e. The van der Waals surface area contributed by atoms with E-state index in [2.05, 4.69) is 74.7 Å². The zero-order chi connectivity index (χ0) is 43.8. The summed E-state index contributed by atoms with van der Waals surface area (Å²) in [5, 5.41) is 23.7. The molecule has 1 amide bonds. The van der Waals surface area contributed by atoms with E-state index in [1.807, 2.05) is 0 Å². The first-order valence-electron chi connectivity index (χ1n) is 25.9. The third kappa shape index (κ3) is 42.5. The first-order chi connectivity index (χ1) is 29.5. The molecule has 3 atom stereocenters. The van der Waals surface area contributed by atoms with Gasteiger partial charge in [-0.25, -0.2) is 0 Å². The van der Waals surface area contributed by atoms with E-state index in [1.165, 1.54) is 128 Å². The van der Waals surface area contributed by atoms with Gasteiger partial charge in [0.1, 0.15) is 6.10 Å². The Balaban J connectivity index is 4.62. The van der Waals surface area contributed by atoms with Crippen LogP contribution in [0.4, 0.5) is 0 Å². The number of esters is 1. The van der Waals surface area contributed by atoms with E-state index < -0.39 is 18.2 Å². The predicted molar refractivity (Wildman–Crippen MR) is 259 cm³/mol. The van der Waals surface area contributed by atoms with Crippen molar-refractivity contribution in [1.29, 1.82) is 0 Å². The molecule has 60 heavy (non-hydrogen) atoms. The minimum Gasteiger partial charge on any atom is -0.462 e. The molecule has 0 rings (SSSR count).